The average molecular weight is 398 g/mol. The summed E-state index contributed by atoms with van der Waals surface area (Å²) in [4.78, 5) is 29.4. The van der Waals surface area contributed by atoms with E-state index in [9.17, 15) is 9.59 Å². The van der Waals surface area contributed by atoms with E-state index in [2.05, 4.69) is 14.6 Å². The summed E-state index contributed by atoms with van der Waals surface area (Å²) in [5.74, 6) is -0.827. The van der Waals surface area contributed by atoms with Crippen molar-refractivity contribution in [2.24, 2.45) is 7.05 Å². The smallest absolute Gasteiger partial charge is 0.340 e. The Hall–Kier alpha value is -3.00. The van der Waals surface area contributed by atoms with Gasteiger partial charge in [-0.2, -0.15) is 5.10 Å². The molecule has 0 bridgehead atoms. The van der Waals surface area contributed by atoms with Crippen molar-refractivity contribution in [2.75, 3.05) is 20.3 Å². The third kappa shape index (κ3) is 3.93. The highest BCUT2D eigenvalue weighted by Crippen LogP contribution is 2.22. The zero-order chi connectivity index (χ0) is 21.3. The highest BCUT2D eigenvalue weighted by molar-refractivity contribution is 6.01. The van der Waals surface area contributed by atoms with Gasteiger partial charge in [-0.05, 0) is 39.8 Å². The monoisotopic (exact) mass is 398 g/mol. The van der Waals surface area contributed by atoms with Crippen molar-refractivity contribution in [1.29, 1.82) is 0 Å². The zero-order valence-corrected chi connectivity index (χ0v) is 17.6. The number of carbonyl (C=O) groups excluding carboxylic acids is 2. The zero-order valence-electron chi connectivity index (χ0n) is 17.6. The second-order valence-electron chi connectivity index (χ2n) is 7.26. The van der Waals surface area contributed by atoms with Gasteiger partial charge in [0, 0.05) is 42.7 Å². The minimum absolute atomic E-state index is 0.102. The van der Waals surface area contributed by atoms with Crippen molar-refractivity contribution >= 4 is 22.8 Å². The molecule has 29 heavy (non-hydrogen) atoms. The third-order valence-electron chi connectivity index (χ3n) is 5.07. The lowest BCUT2D eigenvalue weighted by atomic mass is 10.1. The van der Waals surface area contributed by atoms with Crippen LogP contribution in [-0.2, 0) is 16.5 Å². The van der Waals surface area contributed by atoms with E-state index in [4.69, 9.17) is 9.47 Å². The summed E-state index contributed by atoms with van der Waals surface area (Å²) in [6.07, 6.45) is 1.44. The van der Waals surface area contributed by atoms with Crippen LogP contribution in [0.3, 0.4) is 0 Å². The minimum Gasteiger partial charge on any atom is -0.454 e. The van der Waals surface area contributed by atoms with E-state index in [1.54, 1.807) is 24.9 Å². The van der Waals surface area contributed by atoms with E-state index in [1.165, 1.54) is 6.20 Å². The second kappa shape index (κ2) is 8.16. The van der Waals surface area contributed by atoms with Crippen molar-refractivity contribution in [1.82, 2.24) is 19.3 Å². The number of hydrogen-bond donors (Lipinski definition) is 0. The Bertz CT molecular complexity index is 1080. The summed E-state index contributed by atoms with van der Waals surface area (Å²) in [5.41, 5.74) is 4.10. The highest BCUT2D eigenvalue weighted by atomic mass is 16.5. The van der Waals surface area contributed by atoms with Crippen molar-refractivity contribution in [3.05, 3.63) is 46.5 Å². The van der Waals surface area contributed by atoms with Gasteiger partial charge in [-0.15, -0.1) is 0 Å². The number of hydrogen-bond acceptors (Lipinski definition) is 6. The number of Topliss-reactive ketones (excluding diaryl/α,β-unsaturated/α-hetero) is 1. The molecule has 0 radical (unpaired) electrons. The molecule has 3 heterocycles. The molecule has 8 nitrogen and oxygen atoms in total. The van der Waals surface area contributed by atoms with E-state index < -0.39 is 5.97 Å². The van der Waals surface area contributed by atoms with Gasteiger partial charge in [0.2, 0.25) is 5.78 Å². The lowest BCUT2D eigenvalue weighted by Gasteiger charge is -2.17. The number of fused-ring (bicyclic) bond motifs is 1. The molecule has 0 aliphatic rings. The largest absolute Gasteiger partial charge is 0.454 e. The maximum atomic E-state index is 12.7. The molecule has 0 saturated carbocycles. The Morgan fingerprint density at radius 2 is 1.93 bits per heavy atom. The number of ketones is 1. The van der Waals surface area contributed by atoms with Crippen LogP contribution in [0.4, 0.5) is 0 Å². The molecule has 3 aromatic heterocycles. The molecule has 0 saturated heterocycles. The van der Waals surface area contributed by atoms with E-state index in [1.807, 2.05) is 33.8 Å². The lowest BCUT2D eigenvalue weighted by molar-refractivity contribution is 0.0474. The maximum absolute atomic E-state index is 12.7. The minimum atomic E-state index is -0.586. The fourth-order valence-electron chi connectivity index (χ4n) is 3.77. The predicted molar refractivity (Wildman–Crippen MR) is 108 cm³/mol. The molecule has 0 amide bonds. The molecule has 0 aromatic carbocycles. The highest BCUT2D eigenvalue weighted by Gasteiger charge is 2.20. The van der Waals surface area contributed by atoms with Crippen LogP contribution in [0.2, 0.25) is 0 Å². The first kappa shape index (κ1) is 20.7. The van der Waals surface area contributed by atoms with Gasteiger partial charge in [0.1, 0.15) is 0 Å². The molecule has 8 heteroatoms. The van der Waals surface area contributed by atoms with Gasteiger partial charge in [0.25, 0.3) is 0 Å². The van der Waals surface area contributed by atoms with Gasteiger partial charge in [0.15, 0.2) is 12.3 Å². The normalized spacial score (nSPS) is 12.3. The Balaban J connectivity index is 1.73. The number of aryl methyl sites for hydroxylation is 3. The molecule has 0 aliphatic carbocycles. The molecule has 0 aliphatic heterocycles. The first-order valence-corrected chi connectivity index (χ1v) is 9.41. The van der Waals surface area contributed by atoms with Crippen LogP contribution in [0.25, 0.3) is 11.0 Å². The van der Waals surface area contributed by atoms with Gasteiger partial charge in [-0.1, -0.05) is 0 Å². The number of carbonyl (C=O) groups is 2. The molecule has 0 spiro atoms. The van der Waals surface area contributed by atoms with Crippen molar-refractivity contribution < 1.29 is 19.1 Å². The van der Waals surface area contributed by atoms with Crippen LogP contribution >= 0.6 is 0 Å². The van der Waals surface area contributed by atoms with Gasteiger partial charge >= 0.3 is 5.97 Å². The van der Waals surface area contributed by atoms with Crippen molar-refractivity contribution in [3.8, 4) is 0 Å². The van der Waals surface area contributed by atoms with Crippen LogP contribution in [0.5, 0.6) is 0 Å². The number of nitrogens with zero attached hydrogens (tertiary/aromatic N) is 4. The molecule has 1 unspecified atom stereocenters. The summed E-state index contributed by atoms with van der Waals surface area (Å²) >= 11 is 0. The van der Waals surface area contributed by atoms with Crippen LogP contribution in [0, 0.1) is 20.8 Å². The van der Waals surface area contributed by atoms with Gasteiger partial charge in [0.05, 0.1) is 23.9 Å². The first-order valence-electron chi connectivity index (χ1n) is 9.41. The third-order valence-corrected chi connectivity index (χ3v) is 5.07. The Morgan fingerprint density at radius 1 is 1.21 bits per heavy atom. The van der Waals surface area contributed by atoms with E-state index in [0.29, 0.717) is 23.4 Å². The quantitative estimate of drug-likeness (QED) is 0.449. The van der Waals surface area contributed by atoms with Crippen LogP contribution in [-0.4, -0.2) is 51.4 Å². The number of rotatable bonds is 7. The number of pyridine rings is 1. The summed E-state index contributed by atoms with van der Waals surface area (Å²) in [6, 6.07) is 3.62. The second-order valence-corrected chi connectivity index (χ2v) is 7.26. The van der Waals surface area contributed by atoms with Crippen LogP contribution < -0.4 is 0 Å². The average Bonchev–Trinajstić information content (AvgIpc) is 3.14. The number of ether oxygens (including phenoxy) is 2. The fraction of sp³-hybridized carbons (Fsp3) is 0.429. The van der Waals surface area contributed by atoms with Gasteiger partial charge in [-0.3, -0.25) is 9.48 Å². The summed E-state index contributed by atoms with van der Waals surface area (Å²) in [7, 11) is 3.44. The lowest BCUT2D eigenvalue weighted by Crippen LogP contribution is -2.17. The topological polar surface area (TPSA) is 88.2 Å². The number of esters is 1. The summed E-state index contributed by atoms with van der Waals surface area (Å²) in [5, 5.41) is 5.07. The molecule has 0 N–H and O–H groups in total. The molecule has 1 atom stereocenters. The Kier molecular flexibility index (Phi) is 5.83. The van der Waals surface area contributed by atoms with Crippen LogP contribution in [0.15, 0.2) is 18.3 Å². The molecule has 0 fully saturated rings. The summed E-state index contributed by atoms with van der Waals surface area (Å²) < 4.78 is 14.2. The number of methoxy groups -OCH3 is 1. The Morgan fingerprint density at radius 3 is 2.62 bits per heavy atom. The Labute approximate surface area is 169 Å². The molecule has 3 rings (SSSR count). The molecular weight excluding hydrogens is 372 g/mol. The molecule has 154 valence electrons. The summed E-state index contributed by atoms with van der Waals surface area (Å²) in [6.45, 7) is 7.93. The standard InChI is InChI=1S/C21H26N4O4/c1-12-7-18(15(4)25(12)13(2)10-28-6)19(26)11-29-21(27)16-8-17-14(3)23-24(5)20(17)22-9-16/h7-9,13H,10-11H2,1-6H3. The van der Waals surface area contributed by atoms with Gasteiger partial charge < -0.3 is 14.0 Å². The van der Waals surface area contributed by atoms with E-state index in [-0.39, 0.29) is 18.4 Å². The van der Waals surface area contributed by atoms with Crippen LogP contribution in [0.1, 0.15) is 50.8 Å². The van der Waals surface area contributed by atoms with Crippen molar-refractivity contribution in [2.45, 2.75) is 33.7 Å². The fourth-order valence-corrected chi connectivity index (χ4v) is 3.77. The molecule has 3 aromatic rings. The van der Waals surface area contributed by atoms with E-state index >= 15 is 0 Å². The molecular formula is C21H26N4O4. The predicted octanol–water partition coefficient (Wildman–Crippen LogP) is 2.94. The van der Waals surface area contributed by atoms with E-state index in [0.717, 1.165) is 22.5 Å². The van der Waals surface area contributed by atoms with Crippen molar-refractivity contribution in [3.63, 3.8) is 0 Å². The van der Waals surface area contributed by atoms with Gasteiger partial charge in [-0.25, -0.2) is 9.78 Å². The first-order chi connectivity index (χ1) is 13.7. The number of aromatic nitrogens is 4. The maximum Gasteiger partial charge on any atom is 0.340 e. The SMILES string of the molecule is COCC(C)n1c(C)cc(C(=O)COC(=O)c2cnc3c(c2)c(C)nn3C)c1C.